The molecule has 0 unspecified atom stereocenters. The molecule has 0 aliphatic carbocycles. The monoisotopic (exact) mass is 285 g/mol. The van der Waals surface area contributed by atoms with Gasteiger partial charge in [-0.1, -0.05) is 12.1 Å². The lowest BCUT2D eigenvalue weighted by Crippen LogP contribution is -2.30. The number of ether oxygens (including phenoxy) is 1. The highest BCUT2D eigenvalue weighted by Gasteiger charge is 2.19. The third-order valence-electron chi connectivity index (χ3n) is 3.91. The molecule has 4 nitrogen and oxygen atoms in total. The third kappa shape index (κ3) is 2.95. The maximum atomic E-state index is 9.83. The van der Waals surface area contributed by atoms with Crippen molar-refractivity contribution in [2.24, 2.45) is 0 Å². The molecule has 2 aromatic carbocycles. The summed E-state index contributed by atoms with van der Waals surface area (Å²) in [7, 11) is 1.56. The second-order valence-electron chi connectivity index (χ2n) is 5.42. The van der Waals surface area contributed by atoms with Gasteiger partial charge in [0.15, 0.2) is 11.5 Å². The van der Waals surface area contributed by atoms with Gasteiger partial charge in [-0.25, -0.2) is 0 Å². The van der Waals surface area contributed by atoms with Crippen LogP contribution in [-0.2, 0) is 19.5 Å². The largest absolute Gasteiger partial charge is 0.508 e. The van der Waals surface area contributed by atoms with Gasteiger partial charge in [-0.15, -0.1) is 0 Å². The van der Waals surface area contributed by atoms with E-state index in [1.807, 2.05) is 18.2 Å². The van der Waals surface area contributed by atoms with E-state index in [-0.39, 0.29) is 5.75 Å². The zero-order valence-electron chi connectivity index (χ0n) is 12.0. The lowest BCUT2D eigenvalue weighted by molar-refractivity contribution is 0.244. The number of phenols is 2. The smallest absolute Gasteiger partial charge is 0.160 e. The minimum absolute atomic E-state index is 0.206. The van der Waals surface area contributed by atoms with E-state index < -0.39 is 0 Å². The molecule has 1 heterocycles. The van der Waals surface area contributed by atoms with E-state index in [0.29, 0.717) is 11.5 Å². The van der Waals surface area contributed by atoms with Crippen molar-refractivity contribution in [3.63, 3.8) is 0 Å². The molecule has 1 aliphatic rings. The van der Waals surface area contributed by atoms with Crippen LogP contribution in [0.25, 0.3) is 0 Å². The van der Waals surface area contributed by atoms with Gasteiger partial charge < -0.3 is 14.9 Å². The molecule has 0 bridgehead atoms. The van der Waals surface area contributed by atoms with Gasteiger partial charge in [0.2, 0.25) is 0 Å². The Kier molecular flexibility index (Phi) is 3.71. The Bertz CT molecular complexity index is 654. The molecule has 2 N–H and O–H groups in total. The van der Waals surface area contributed by atoms with Crippen LogP contribution in [0.2, 0.25) is 0 Å². The summed E-state index contributed by atoms with van der Waals surface area (Å²) in [4.78, 5) is 2.33. The summed E-state index contributed by atoms with van der Waals surface area (Å²) in [6, 6.07) is 11.1. The molecule has 21 heavy (non-hydrogen) atoms. The minimum Gasteiger partial charge on any atom is -0.508 e. The summed E-state index contributed by atoms with van der Waals surface area (Å²) in [5, 5.41) is 19.4. The summed E-state index contributed by atoms with van der Waals surface area (Å²) >= 11 is 0. The zero-order valence-corrected chi connectivity index (χ0v) is 12.0. The van der Waals surface area contributed by atoms with Crippen LogP contribution in [0, 0.1) is 0 Å². The van der Waals surface area contributed by atoms with E-state index in [4.69, 9.17) is 4.74 Å². The number of methoxy groups -OCH3 is 1. The van der Waals surface area contributed by atoms with E-state index in [1.54, 1.807) is 25.3 Å². The molecule has 0 amide bonds. The first kappa shape index (κ1) is 13.8. The van der Waals surface area contributed by atoms with Crippen LogP contribution in [0.3, 0.4) is 0 Å². The molecule has 0 atom stereocenters. The van der Waals surface area contributed by atoms with Gasteiger partial charge in [-0.2, -0.15) is 0 Å². The first-order valence-electron chi connectivity index (χ1n) is 7.04. The first-order chi connectivity index (χ1) is 10.2. The van der Waals surface area contributed by atoms with Crippen LogP contribution in [0.1, 0.15) is 16.7 Å². The number of benzene rings is 2. The standard InChI is InChI=1S/C17H19NO3/c1-21-17-9-14-11-18(6-5-13(14)8-16(17)20)10-12-3-2-4-15(19)7-12/h2-4,7-9,19-20H,5-6,10-11H2,1H3. The van der Waals surface area contributed by atoms with Crippen LogP contribution in [0.15, 0.2) is 36.4 Å². The van der Waals surface area contributed by atoms with E-state index in [0.717, 1.165) is 31.6 Å². The SMILES string of the molecule is COc1cc2c(cc1O)CCN(Cc1cccc(O)c1)C2. The fourth-order valence-electron chi connectivity index (χ4n) is 2.84. The molecule has 4 heteroatoms. The topological polar surface area (TPSA) is 52.9 Å². The van der Waals surface area contributed by atoms with Crippen molar-refractivity contribution in [2.45, 2.75) is 19.5 Å². The van der Waals surface area contributed by atoms with Gasteiger partial charge in [0.25, 0.3) is 0 Å². The summed E-state index contributed by atoms with van der Waals surface area (Å²) in [5.41, 5.74) is 3.47. The Hall–Kier alpha value is -2.20. The highest BCUT2D eigenvalue weighted by Crippen LogP contribution is 2.32. The maximum absolute atomic E-state index is 9.83. The quantitative estimate of drug-likeness (QED) is 0.910. The predicted molar refractivity (Wildman–Crippen MR) is 80.6 cm³/mol. The summed E-state index contributed by atoms with van der Waals surface area (Å²) in [6.45, 7) is 2.56. The minimum atomic E-state index is 0.206. The van der Waals surface area contributed by atoms with E-state index >= 15 is 0 Å². The van der Waals surface area contributed by atoms with Crippen molar-refractivity contribution in [1.82, 2.24) is 4.90 Å². The summed E-state index contributed by atoms with van der Waals surface area (Å²) < 4.78 is 5.18. The lowest BCUT2D eigenvalue weighted by Gasteiger charge is -2.29. The van der Waals surface area contributed by atoms with Crippen molar-refractivity contribution in [3.05, 3.63) is 53.1 Å². The molecule has 3 rings (SSSR count). The Labute approximate surface area is 124 Å². The number of rotatable bonds is 3. The van der Waals surface area contributed by atoms with E-state index in [9.17, 15) is 10.2 Å². The number of nitrogens with zero attached hydrogens (tertiary/aromatic N) is 1. The Morgan fingerprint density at radius 3 is 2.76 bits per heavy atom. The van der Waals surface area contributed by atoms with Crippen LogP contribution in [0.4, 0.5) is 0 Å². The molecule has 1 aliphatic heterocycles. The van der Waals surface area contributed by atoms with Crippen molar-refractivity contribution in [2.75, 3.05) is 13.7 Å². The number of fused-ring (bicyclic) bond motifs is 1. The van der Waals surface area contributed by atoms with Crippen molar-refractivity contribution in [3.8, 4) is 17.2 Å². The molecular weight excluding hydrogens is 266 g/mol. The van der Waals surface area contributed by atoms with Gasteiger partial charge >= 0.3 is 0 Å². The van der Waals surface area contributed by atoms with E-state index in [2.05, 4.69) is 4.90 Å². The van der Waals surface area contributed by atoms with Crippen molar-refractivity contribution in [1.29, 1.82) is 0 Å². The number of aromatic hydroxyl groups is 2. The van der Waals surface area contributed by atoms with E-state index in [1.165, 1.54) is 11.1 Å². The fourth-order valence-corrected chi connectivity index (χ4v) is 2.84. The fraction of sp³-hybridized carbons (Fsp3) is 0.294. The van der Waals surface area contributed by atoms with Crippen LogP contribution >= 0.6 is 0 Å². The molecular formula is C17H19NO3. The van der Waals surface area contributed by atoms with Gasteiger partial charge in [0, 0.05) is 19.6 Å². The van der Waals surface area contributed by atoms with Gasteiger partial charge in [0.05, 0.1) is 7.11 Å². The zero-order chi connectivity index (χ0) is 14.8. The van der Waals surface area contributed by atoms with Crippen molar-refractivity contribution >= 4 is 0 Å². The molecule has 110 valence electrons. The molecule has 0 fully saturated rings. The second kappa shape index (κ2) is 5.66. The molecule has 0 aromatic heterocycles. The lowest BCUT2D eigenvalue weighted by atomic mass is 9.98. The first-order valence-corrected chi connectivity index (χ1v) is 7.04. The van der Waals surface area contributed by atoms with Gasteiger partial charge in [-0.3, -0.25) is 4.90 Å². The molecule has 0 saturated carbocycles. The summed E-state index contributed by atoms with van der Waals surface area (Å²) in [5.74, 6) is 1.03. The number of hydrogen-bond donors (Lipinski definition) is 2. The average molecular weight is 285 g/mol. The van der Waals surface area contributed by atoms with Crippen molar-refractivity contribution < 1.29 is 14.9 Å². The van der Waals surface area contributed by atoms with Crippen LogP contribution < -0.4 is 4.74 Å². The molecule has 0 radical (unpaired) electrons. The number of phenolic OH excluding ortho intramolecular Hbond substituents is 2. The second-order valence-corrected chi connectivity index (χ2v) is 5.42. The van der Waals surface area contributed by atoms with Gasteiger partial charge in [0.1, 0.15) is 5.75 Å². The molecule has 0 saturated heterocycles. The Morgan fingerprint density at radius 2 is 2.00 bits per heavy atom. The maximum Gasteiger partial charge on any atom is 0.160 e. The Balaban J connectivity index is 1.77. The summed E-state index contributed by atoms with van der Waals surface area (Å²) in [6.07, 6.45) is 0.908. The van der Waals surface area contributed by atoms with Crippen LogP contribution in [-0.4, -0.2) is 28.8 Å². The number of hydrogen-bond acceptors (Lipinski definition) is 4. The van der Waals surface area contributed by atoms with Crippen LogP contribution in [0.5, 0.6) is 17.2 Å². The highest BCUT2D eigenvalue weighted by molar-refractivity contribution is 5.47. The predicted octanol–water partition coefficient (Wildman–Crippen LogP) is 2.66. The van der Waals surface area contributed by atoms with Gasteiger partial charge in [-0.05, 0) is 47.4 Å². The Morgan fingerprint density at radius 1 is 1.14 bits per heavy atom. The molecule has 0 spiro atoms. The average Bonchev–Trinajstić information content (AvgIpc) is 2.47. The highest BCUT2D eigenvalue weighted by atomic mass is 16.5. The normalized spacial score (nSPS) is 14.7. The molecule has 2 aromatic rings. The third-order valence-corrected chi connectivity index (χ3v) is 3.91.